The van der Waals surface area contributed by atoms with Crippen LogP contribution in [0.2, 0.25) is 5.15 Å². The molecule has 0 saturated heterocycles. The molecule has 1 N–H and O–H groups in total. The number of nitrogens with zero attached hydrogens (tertiary/aromatic N) is 6. The molecule has 0 aliphatic rings. The van der Waals surface area contributed by atoms with E-state index in [0.717, 1.165) is 0 Å². The van der Waals surface area contributed by atoms with Gasteiger partial charge in [0, 0.05) is 25.5 Å². The summed E-state index contributed by atoms with van der Waals surface area (Å²) < 4.78 is 2.68. The standard InChI is InChI=1S/C15H11ClN6O/c1-21-12(8-14(16)20-21)15(23)13(9-17)22-7-5-11(19-22)10-4-2-3-6-18-10/h2-8,23H,1H3. The molecule has 0 aliphatic carbocycles. The second-order valence-electron chi connectivity index (χ2n) is 4.65. The highest BCUT2D eigenvalue weighted by molar-refractivity contribution is 6.29. The van der Waals surface area contributed by atoms with Crippen molar-refractivity contribution in [2.75, 3.05) is 0 Å². The van der Waals surface area contributed by atoms with Crippen molar-refractivity contribution in [2.24, 2.45) is 7.05 Å². The minimum absolute atomic E-state index is 0.0353. The van der Waals surface area contributed by atoms with E-state index in [-0.39, 0.29) is 16.6 Å². The molecule has 3 rings (SSSR count). The van der Waals surface area contributed by atoms with Crippen LogP contribution in [0.25, 0.3) is 22.8 Å². The highest BCUT2D eigenvalue weighted by Gasteiger charge is 2.16. The summed E-state index contributed by atoms with van der Waals surface area (Å²) in [5, 5.41) is 28.2. The molecule has 0 aromatic carbocycles. The summed E-state index contributed by atoms with van der Waals surface area (Å²) in [7, 11) is 1.62. The van der Waals surface area contributed by atoms with Gasteiger partial charge in [-0.15, -0.1) is 0 Å². The molecule has 0 saturated carbocycles. The number of pyridine rings is 1. The van der Waals surface area contributed by atoms with E-state index < -0.39 is 0 Å². The van der Waals surface area contributed by atoms with Crippen molar-refractivity contribution in [3.8, 4) is 17.5 Å². The fourth-order valence-electron chi connectivity index (χ4n) is 2.09. The third kappa shape index (κ3) is 2.80. The molecule has 0 radical (unpaired) electrons. The number of nitriles is 1. The van der Waals surface area contributed by atoms with Gasteiger partial charge in [0.1, 0.15) is 17.5 Å². The van der Waals surface area contributed by atoms with Crippen LogP contribution in [-0.4, -0.2) is 29.7 Å². The molecule has 0 spiro atoms. The summed E-state index contributed by atoms with van der Waals surface area (Å²) in [6.45, 7) is 0. The molecule has 23 heavy (non-hydrogen) atoms. The Bertz CT molecular complexity index is 919. The molecule has 3 heterocycles. The zero-order valence-corrected chi connectivity index (χ0v) is 12.8. The van der Waals surface area contributed by atoms with E-state index >= 15 is 0 Å². The molecular weight excluding hydrogens is 316 g/mol. The van der Waals surface area contributed by atoms with E-state index in [0.29, 0.717) is 17.1 Å². The maximum Gasteiger partial charge on any atom is 0.185 e. The summed E-state index contributed by atoms with van der Waals surface area (Å²) >= 11 is 5.81. The third-order valence-corrected chi connectivity index (χ3v) is 3.35. The van der Waals surface area contributed by atoms with Gasteiger partial charge < -0.3 is 5.11 Å². The molecule has 0 fully saturated rings. The van der Waals surface area contributed by atoms with Crippen molar-refractivity contribution < 1.29 is 5.11 Å². The Morgan fingerprint density at radius 2 is 2.09 bits per heavy atom. The summed E-state index contributed by atoms with van der Waals surface area (Å²) in [6.07, 6.45) is 3.24. The molecule has 114 valence electrons. The predicted octanol–water partition coefficient (Wildman–Crippen LogP) is 2.74. The van der Waals surface area contributed by atoms with Crippen LogP contribution in [0.5, 0.6) is 0 Å². The molecule has 8 heteroatoms. The van der Waals surface area contributed by atoms with Crippen LogP contribution in [0.1, 0.15) is 5.69 Å². The summed E-state index contributed by atoms with van der Waals surface area (Å²) in [6, 6.07) is 10.6. The van der Waals surface area contributed by atoms with Gasteiger partial charge in [0.25, 0.3) is 0 Å². The maximum atomic E-state index is 10.4. The average molecular weight is 327 g/mol. The summed E-state index contributed by atoms with van der Waals surface area (Å²) in [5.41, 5.74) is 1.55. The van der Waals surface area contributed by atoms with Crippen LogP contribution < -0.4 is 0 Å². The third-order valence-electron chi connectivity index (χ3n) is 3.17. The molecule has 0 amide bonds. The van der Waals surface area contributed by atoms with Gasteiger partial charge in [0.05, 0.1) is 5.69 Å². The lowest BCUT2D eigenvalue weighted by Gasteiger charge is -2.04. The SMILES string of the molecule is Cn1nc(Cl)cc1C(O)=C(C#N)n1ccc(-c2ccccn2)n1. The minimum atomic E-state index is -0.259. The van der Waals surface area contributed by atoms with Crippen LogP contribution in [0.3, 0.4) is 0 Å². The number of aliphatic hydroxyl groups is 1. The van der Waals surface area contributed by atoms with E-state index in [4.69, 9.17) is 11.6 Å². The fraction of sp³-hybridized carbons (Fsp3) is 0.0667. The van der Waals surface area contributed by atoms with Gasteiger partial charge in [-0.05, 0) is 18.2 Å². The summed E-state index contributed by atoms with van der Waals surface area (Å²) in [5.74, 6) is -0.259. The Balaban J connectivity index is 2.06. The van der Waals surface area contributed by atoms with Crippen LogP contribution in [0, 0.1) is 11.3 Å². The van der Waals surface area contributed by atoms with E-state index in [9.17, 15) is 10.4 Å². The van der Waals surface area contributed by atoms with E-state index in [1.54, 1.807) is 31.6 Å². The van der Waals surface area contributed by atoms with Crippen molar-refractivity contribution in [1.82, 2.24) is 24.5 Å². The molecular formula is C15H11ClN6O. The highest BCUT2D eigenvalue weighted by Crippen LogP contribution is 2.22. The molecule has 0 atom stereocenters. The van der Waals surface area contributed by atoms with Gasteiger partial charge in [0.15, 0.2) is 16.6 Å². The lowest BCUT2D eigenvalue weighted by atomic mass is 10.3. The highest BCUT2D eigenvalue weighted by atomic mass is 35.5. The van der Waals surface area contributed by atoms with Crippen molar-refractivity contribution in [3.05, 3.63) is 53.6 Å². The van der Waals surface area contributed by atoms with Gasteiger partial charge in [-0.25, -0.2) is 4.68 Å². The molecule has 3 aromatic heterocycles. The Morgan fingerprint density at radius 3 is 2.70 bits per heavy atom. The van der Waals surface area contributed by atoms with Gasteiger partial charge in [-0.1, -0.05) is 17.7 Å². The smallest absolute Gasteiger partial charge is 0.185 e. The number of hydrogen-bond acceptors (Lipinski definition) is 5. The first-order chi connectivity index (χ1) is 11.1. The van der Waals surface area contributed by atoms with Crippen molar-refractivity contribution >= 4 is 23.1 Å². The molecule has 0 unspecified atom stereocenters. The molecule has 0 aliphatic heterocycles. The van der Waals surface area contributed by atoms with E-state index in [1.165, 1.54) is 15.4 Å². The number of allylic oxidation sites excluding steroid dienone is 1. The Hall–Kier alpha value is -3.11. The van der Waals surface area contributed by atoms with Gasteiger partial charge in [-0.2, -0.15) is 15.5 Å². The Labute approximate surface area is 136 Å². The largest absolute Gasteiger partial charge is 0.503 e. The van der Waals surface area contributed by atoms with E-state index in [2.05, 4.69) is 15.2 Å². The minimum Gasteiger partial charge on any atom is -0.503 e. The maximum absolute atomic E-state index is 10.4. The second kappa shape index (κ2) is 5.94. The Kier molecular flexibility index (Phi) is 3.83. The lowest BCUT2D eigenvalue weighted by Crippen LogP contribution is -2.04. The monoisotopic (exact) mass is 326 g/mol. The van der Waals surface area contributed by atoms with Crippen LogP contribution >= 0.6 is 11.6 Å². The number of hydrogen-bond donors (Lipinski definition) is 1. The van der Waals surface area contributed by atoms with Crippen molar-refractivity contribution in [2.45, 2.75) is 0 Å². The molecule has 3 aromatic rings. The molecule has 7 nitrogen and oxygen atoms in total. The number of aliphatic hydroxyl groups excluding tert-OH is 1. The van der Waals surface area contributed by atoms with E-state index in [1.807, 2.05) is 18.2 Å². The lowest BCUT2D eigenvalue weighted by molar-refractivity contribution is 0.500. The summed E-state index contributed by atoms with van der Waals surface area (Å²) in [4.78, 5) is 4.20. The quantitative estimate of drug-likeness (QED) is 0.590. The zero-order chi connectivity index (χ0) is 16.4. The van der Waals surface area contributed by atoms with Crippen molar-refractivity contribution in [3.63, 3.8) is 0 Å². The van der Waals surface area contributed by atoms with Crippen LogP contribution in [-0.2, 0) is 7.05 Å². The first-order valence-electron chi connectivity index (χ1n) is 6.61. The number of aryl methyl sites for hydroxylation is 1. The second-order valence-corrected chi connectivity index (χ2v) is 5.03. The normalized spacial score (nSPS) is 11.9. The first kappa shape index (κ1) is 14.8. The van der Waals surface area contributed by atoms with Gasteiger partial charge in [0.2, 0.25) is 0 Å². The average Bonchev–Trinajstić information content (AvgIpc) is 3.15. The fourth-order valence-corrected chi connectivity index (χ4v) is 2.30. The predicted molar refractivity (Wildman–Crippen MR) is 85.0 cm³/mol. The van der Waals surface area contributed by atoms with Gasteiger partial charge in [-0.3, -0.25) is 9.67 Å². The topological polar surface area (TPSA) is 92.5 Å². The first-order valence-corrected chi connectivity index (χ1v) is 6.98. The van der Waals surface area contributed by atoms with Crippen LogP contribution in [0.15, 0.2) is 42.7 Å². The zero-order valence-electron chi connectivity index (χ0n) is 12.0. The number of halogens is 1. The number of rotatable bonds is 3. The Morgan fingerprint density at radius 1 is 1.26 bits per heavy atom. The van der Waals surface area contributed by atoms with Gasteiger partial charge >= 0.3 is 0 Å². The number of aromatic nitrogens is 5. The van der Waals surface area contributed by atoms with Crippen molar-refractivity contribution in [1.29, 1.82) is 5.26 Å². The molecule has 0 bridgehead atoms. The van der Waals surface area contributed by atoms with Crippen LogP contribution in [0.4, 0.5) is 0 Å².